The zero-order valence-electron chi connectivity index (χ0n) is 9.01. The molecule has 0 spiro atoms. The van der Waals surface area contributed by atoms with Crippen molar-refractivity contribution in [2.24, 2.45) is 0 Å². The highest BCUT2D eigenvalue weighted by atomic mass is 32.2. The van der Waals surface area contributed by atoms with Crippen LogP contribution in [0.2, 0.25) is 0 Å². The number of nitriles is 1. The van der Waals surface area contributed by atoms with Crippen molar-refractivity contribution in [1.82, 2.24) is 4.98 Å². The maximum atomic E-state index is 9.04. The third kappa shape index (κ3) is 1.91. The predicted molar refractivity (Wildman–Crippen MR) is 59.6 cm³/mol. The van der Waals surface area contributed by atoms with Gasteiger partial charge in [-0.3, -0.25) is 0 Å². The Morgan fingerprint density at radius 3 is 2.43 bits per heavy atom. The number of aryl methyl sites for hydroxylation is 1. The molecule has 0 amide bonds. The monoisotopic (exact) mass is 206 g/mol. The van der Waals surface area contributed by atoms with Crippen LogP contribution in [0.4, 0.5) is 0 Å². The zero-order chi connectivity index (χ0) is 10.7. The summed E-state index contributed by atoms with van der Waals surface area (Å²) in [6.45, 7) is 8.06. The number of hydrogen-bond donors (Lipinski definition) is 0. The Morgan fingerprint density at radius 1 is 1.29 bits per heavy atom. The summed E-state index contributed by atoms with van der Waals surface area (Å²) in [5.74, 6) is 0.948. The summed E-state index contributed by atoms with van der Waals surface area (Å²) in [6, 6.07) is 2.23. The summed E-state index contributed by atoms with van der Waals surface area (Å²) in [7, 11) is 0. The molecule has 2 nitrogen and oxygen atoms in total. The number of pyridine rings is 1. The van der Waals surface area contributed by atoms with Gasteiger partial charge in [0.05, 0.1) is 5.56 Å². The van der Waals surface area contributed by atoms with Crippen molar-refractivity contribution in [3.05, 3.63) is 22.4 Å². The Balaban J connectivity index is 3.38. The van der Waals surface area contributed by atoms with Crippen molar-refractivity contribution >= 4 is 11.8 Å². The second-order valence-corrected chi connectivity index (χ2v) is 4.42. The molecule has 0 unspecified atom stereocenters. The first kappa shape index (κ1) is 11.1. The van der Waals surface area contributed by atoms with Crippen molar-refractivity contribution < 1.29 is 0 Å². The van der Waals surface area contributed by atoms with Gasteiger partial charge in [0.2, 0.25) is 0 Å². The van der Waals surface area contributed by atoms with Crippen LogP contribution >= 0.6 is 11.8 Å². The lowest BCUT2D eigenvalue weighted by molar-refractivity contribution is 0.999. The number of rotatable bonds is 2. The van der Waals surface area contributed by atoms with Crippen molar-refractivity contribution in [3.8, 4) is 6.07 Å². The largest absolute Gasteiger partial charge is 0.245 e. The molecular formula is C11H14N2S. The first-order valence-corrected chi connectivity index (χ1v) is 5.61. The fourth-order valence-corrected chi connectivity index (χ4v) is 2.10. The lowest BCUT2D eigenvalue weighted by Crippen LogP contribution is -1.99. The minimum atomic E-state index is 0.736. The van der Waals surface area contributed by atoms with Crippen LogP contribution in [0.3, 0.4) is 0 Å². The van der Waals surface area contributed by atoms with Gasteiger partial charge in [-0.2, -0.15) is 5.26 Å². The number of thioether (sulfide) groups is 1. The standard InChI is InChI=1S/C11H14N2S/c1-5-14-11-10(6-12)8(3)7(2)9(4)13-11/h5H2,1-4H3. The lowest BCUT2D eigenvalue weighted by atomic mass is 10.1. The fraction of sp³-hybridized carbons (Fsp3) is 0.455. The molecule has 0 saturated carbocycles. The summed E-state index contributed by atoms with van der Waals surface area (Å²) in [5.41, 5.74) is 3.95. The highest BCUT2D eigenvalue weighted by Crippen LogP contribution is 2.25. The van der Waals surface area contributed by atoms with Crippen LogP contribution in [0.1, 0.15) is 29.3 Å². The SMILES string of the molecule is CCSc1nc(C)c(C)c(C)c1C#N. The van der Waals surface area contributed by atoms with Gasteiger partial charge in [-0.05, 0) is 37.7 Å². The van der Waals surface area contributed by atoms with Gasteiger partial charge in [0.1, 0.15) is 11.1 Å². The van der Waals surface area contributed by atoms with E-state index in [1.165, 1.54) is 0 Å². The van der Waals surface area contributed by atoms with Crippen molar-refractivity contribution in [1.29, 1.82) is 5.26 Å². The van der Waals surface area contributed by atoms with Crippen LogP contribution in [-0.2, 0) is 0 Å². The molecule has 1 heterocycles. The van der Waals surface area contributed by atoms with E-state index in [1.807, 2.05) is 20.8 Å². The zero-order valence-corrected chi connectivity index (χ0v) is 9.83. The molecule has 0 aliphatic rings. The summed E-state index contributed by atoms with van der Waals surface area (Å²) in [6.07, 6.45) is 0. The molecule has 3 heteroatoms. The number of nitrogens with zero attached hydrogens (tertiary/aromatic N) is 2. The third-order valence-electron chi connectivity index (χ3n) is 2.36. The third-order valence-corrected chi connectivity index (χ3v) is 3.21. The van der Waals surface area contributed by atoms with Gasteiger partial charge in [-0.25, -0.2) is 4.98 Å². The molecule has 0 bridgehead atoms. The van der Waals surface area contributed by atoms with Crippen LogP contribution in [0.5, 0.6) is 0 Å². The second-order valence-electron chi connectivity index (χ2n) is 3.17. The van der Waals surface area contributed by atoms with Crippen LogP contribution < -0.4 is 0 Å². The Hall–Kier alpha value is -1.01. The first-order chi connectivity index (χ1) is 6.61. The van der Waals surface area contributed by atoms with Gasteiger partial charge in [0, 0.05) is 5.69 Å². The summed E-state index contributed by atoms with van der Waals surface area (Å²) in [5, 5.41) is 9.91. The number of hydrogen-bond acceptors (Lipinski definition) is 3. The Bertz CT molecular complexity index is 391. The summed E-state index contributed by atoms with van der Waals surface area (Å²) >= 11 is 1.63. The van der Waals surface area contributed by atoms with Crippen LogP contribution in [0, 0.1) is 32.1 Å². The maximum Gasteiger partial charge on any atom is 0.114 e. The van der Waals surface area contributed by atoms with E-state index in [0.717, 1.165) is 33.2 Å². The Kier molecular flexibility index (Phi) is 3.54. The molecule has 0 radical (unpaired) electrons. The fourth-order valence-electron chi connectivity index (χ4n) is 1.28. The molecule has 0 N–H and O–H groups in total. The molecule has 0 aliphatic heterocycles. The van der Waals surface area contributed by atoms with Gasteiger partial charge < -0.3 is 0 Å². The minimum absolute atomic E-state index is 0.736. The van der Waals surface area contributed by atoms with E-state index >= 15 is 0 Å². The highest BCUT2D eigenvalue weighted by molar-refractivity contribution is 7.99. The first-order valence-electron chi connectivity index (χ1n) is 4.62. The maximum absolute atomic E-state index is 9.04. The highest BCUT2D eigenvalue weighted by Gasteiger charge is 2.11. The van der Waals surface area contributed by atoms with Gasteiger partial charge in [-0.1, -0.05) is 6.92 Å². The predicted octanol–water partition coefficient (Wildman–Crippen LogP) is 2.99. The summed E-state index contributed by atoms with van der Waals surface area (Å²) in [4.78, 5) is 4.43. The van der Waals surface area contributed by atoms with Gasteiger partial charge in [0.15, 0.2) is 0 Å². The summed E-state index contributed by atoms with van der Waals surface area (Å²) < 4.78 is 0. The molecule has 0 aliphatic carbocycles. The molecule has 1 aromatic rings. The molecule has 14 heavy (non-hydrogen) atoms. The topological polar surface area (TPSA) is 36.7 Å². The van der Waals surface area contributed by atoms with E-state index in [9.17, 15) is 0 Å². The van der Waals surface area contributed by atoms with Gasteiger partial charge in [0.25, 0.3) is 0 Å². The van der Waals surface area contributed by atoms with E-state index in [0.29, 0.717) is 0 Å². The van der Waals surface area contributed by atoms with Crippen LogP contribution in [0.25, 0.3) is 0 Å². The van der Waals surface area contributed by atoms with Crippen molar-refractivity contribution in [2.45, 2.75) is 32.7 Å². The average Bonchev–Trinajstić information content (AvgIpc) is 2.16. The molecule has 1 aromatic heterocycles. The molecule has 0 saturated heterocycles. The second kappa shape index (κ2) is 4.47. The van der Waals surface area contributed by atoms with Crippen molar-refractivity contribution in [2.75, 3.05) is 5.75 Å². The average molecular weight is 206 g/mol. The van der Waals surface area contributed by atoms with E-state index in [2.05, 4.69) is 18.0 Å². The van der Waals surface area contributed by atoms with Crippen molar-refractivity contribution in [3.63, 3.8) is 0 Å². The molecule has 0 aromatic carbocycles. The molecular weight excluding hydrogens is 192 g/mol. The van der Waals surface area contributed by atoms with E-state index < -0.39 is 0 Å². The lowest BCUT2D eigenvalue weighted by Gasteiger charge is -2.09. The smallest absolute Gasteiger partial charge is 0.114 e. The Morgan fingerprint density at radius 2 is 1.93 bits per heavy atom. The normalized spacial score (nSPS) is 9.93. The molecule has 74 valence electrons. The van der Waals surface area contributed by atoms with E-state index in [1.54, 1.807) is 11.8 Å². The number of aromatic nitrogens is 1. The van der Waals surface area contributed by atoms with E-state index in [4.69, 9.17) is 5.26 Å². The quantitative estimate of drug-likeness (QED) is 0.698. The molecule has 0 atom stereocenters. The molecule has 0 fully saturated rings. The van der Waals surface area contributed by atoms with Crippen LogP contribution in [0.15, 0.2) is 5.03 Å². The minimum Gasteiger partial charge on any atom is -0.245 e. The molecule has 1 rings (SSSR count). The van der Waals surface area contributed by atoms with Gasteiger partial charge in [-0.15, -0.1) is 11.8 Å². The van der Waals surface area contributed by atoms with E-state index in [-0.39, 0.29) is 0 Å². The van der Waals surface area contributed by atoms with Crippen LogP contribution in [-0.4, -0.2) is 10.7 Å². The van der Waals surface area contributed by atoms with Gasteiger partial charge >= 0.3 is 0 Å². The Labute approximate surface area is 89.4 Å².